The lowest BCUT2D eigenvalue weighted by molar-refractivity contribution is -0.674. The van der Waals surface area contributed by atoms with Gasteiger partial charge in [0.25, 0.3) is 11.8 Å². The molecule has 1 heterocycles. The first kappa shape index (κ1) is 7.98. The van der Waals surface area contributed by atoms with Crippen molar-refractivity contribution >= 4 is 17.4 Å². The van der Waals surface area contributed by atoms with Gasteiger partial charge in [-0.3, -0.25) is 4.79 Å². The molecule has 0 radical (unpaired) electrons. The average molecular weight is 176 g/mol. The summed E-state index contributed by atoms with van der Waals surface area (Å²) in [5.41, 5.74) is 1.72. The van der Waals surface area contributed by atoms with Gasteiger partial charge >= 0.3 is 5.89 Å². The number of carbonyl (C=O) groups excluding carboxylic acids is 1. The smallest absolute Gasteiger partial charge is 0.396 e. The monoisotopic (exact) mass is 176 g/mol. The van der Waals surface area contributed by atoms with Gasteiger partial charge in [-0.25, -0.2) is 0 Å². The molecule has 0 fully saturated rings. The Morgan fingerprint density at radius 3 is 2.92 bits per heavy atom. The van der Waals surface area contributed by atoms with Gasteiger partial charge in [0, 0.05) is 6.07 Å². The van der Waals surface area contributed by atoms with Gasteiger partial charge < -0.3 is 4.42 Å². The molecule has 0 aliphatic rings. The van der Waals surface area contributed by atoms with Crippen LogP contribution in [0.5, 0.6) is 0 Å². The second kappa shape index (κ2) is 3.01. The topological polar surface area (TPSA) is 34.1 Å². The van der Waals surface area contributed by atoms with Crippen LogP contribution in [0.3, 0.4) is 0 Å². The Hall–Kier alpha value is -1.64. The van der Waals surface area contributed by atoms with Gasteiger partial charge in [0.05, 0.1) is 0 Å². The third-order valence-corrected chi connectivity index (χ3v) is 2.05. The summed E-state index contributed by atoms with van der Waals surface area (Å²) in [5, 5.41) is 0. The first-order chi connectivity index (χ1) is 6.36. The van der Waals surface area contributed by atoms with Crippen molar-refractivity contribution in [3.05, 3.63) is 30.2 Å². The highest BCUT2D eigenvalue weighted by Gasteiger charge is 2.18. The first-order valence-corrected chi connectivity index (χ1v) is 4.23. The summed E-state index contributed by atoms with van der Waals surface area (Å²) in [5.74, 6) is 0.378. The van der Waals surface area contributed by atoms with Gasteiger partial charge in [-0.05, 0) is 13.0 Å². The van der Waals surface area contributed by atoms with E-state index in [1.807, 2.05) is 35.8 Å². The molecule has 3 heteroatoms. The lowest BCUT2D eigenvalue weighted by Gasteiger charge is -1.85. The zero-order chi connectivity index (χ0) is 9.26. The summed E-state index contributed by atoms with van der Waals surface area (Å²) in [6.07, 6.45) is 0.740. The number of rotatable bonds is 2. The number of hydrogen-bond acceptors (Lipinski definition) is 2. The van der Waals surface area contributed by atoms with Crippen molar-refractivity contribution in [3.8, 4) is 0 Å². The summed E-state index contributed by atoms with van der Waals surface area (Å²) in [6, 6.07) is 7.61. The second-order valence-corrected chi connectivity index (χ2v) is 2.77. The molecule has 2 rings (SSSR count). The molecule has 0 unspecified atom stereocenters. The first-order valence-electron chi connectivity index (χ1n) is 4.23. The molecular formula is C10H10NO2+. The van der Waals surface area contributed by atoms with Gasteiger partial charge in [-0.2, -0.15) is 4.57 Å². The average Bonchev–Trinajstić information content (AvgIpc) is 2.55. The van der Waals surface area contributed by atoms with Crippen LogP contribution < -0.4 is 4.57 Å². The van der Waals surface area contributed by atoms with E-state index in [-0.39, 0.29) is 0 Å². The van der Waals surface area contributed by atoms with Crippen LogP contribution in [0.25, 0.3) is 11.1 Å². The molecule has 66 valence electrons. The highest BCUT2D eigenvalue weighted by molar-refractivity contribution is 5.74. The summed E-state index contributed by atoms with van der Waals surface area (Å²) < 4.78 is 7.18. The van der Waals surface area contributed by atoms with Crippen LogP contribution in [0.2, 0.25) is 0 Å². The van der Waals surface area contributed by atoms with Crippen molar-refractivity contribution in [2.24, 2.45) is 0 Å². The minimum absolute atomic E-state index is 0.378. The fourth-order valence-corrected chi connectivity index (χ4v) is 1.47. The third kappa shape index (κ3) is 1.13. The number of hydrogen-bond donors (Lipinski definition) is 0. The highest BCUT2D eigenvalue weighted by Crippen LogP contribution is 2.11. The van der Waals surface area contributed by atoms with E-state index >= 15 is 0 Å². The molecule has 3 nitrogen and oxygen atoms in total. The SMILES string of the molecule is CC[n+]1c(C=O)oc2ccccc21. The van der Waals surface area contributed by atoms with Gasteiger partial charge in [0.15, 0.2) is 0 Å². The molecule has 0 saturated heterocycles. The van der Waals surface area contributed by atoms with Crippen LogP contribution in [0, 0.1) is 0 Å². The standard InChI is InChI=1S/C10H10NO2/c1-2-11-8-5-3-4-6-9(8)13-10(11)7-12/h3-7H,2H2,1H3/q+1. The Bertz CT molecular complexity index is 445. The molecule has 0 atom stereocenters. The Kier molecular flexibility index (Phi) is 1.85. The number of fused-ring (bicyclic) bond motifs is 1. The maximum absolute atomic E-state index is 10.6. The van der Waals surface area contributed by atoms with Crippen molar-refractivity contribution in [2.75, 3.05) is 0 Å². The van der Waals surface area contributed by atoms with Crippen molar-refractivity contribution in [2.45, 2.75) is 13.5 Å². The Labute approximate surface area is 75.6 Å². The van der Waals surface area contributed by atoms with Crippen molar-refractivity contribution < 1.29 is 13.8 Å². The minimum atomic E-state index is 0.378. The Morgan fingerprint density at radius 2 is 2.23 bits per heavy atom. The number of aldehydes is 1. The molecule has 2 aromatic rings. The summed E-state index contributed by atoms with van der Waals surface area (Å²) in [6.45, 7) is 2.72. The maximum atomic E-state index is 10.6. The van der Waals surface area contributed by atoms with Gasteiger partial charge in [0.1, 0.15) is 6.54 Å². The van der Waals surface area contributed by atoms with Gasteiger partial charge in [0.2, 0.25) is 5.58 Å². The number of aryl methyl sites for hydroxylation is 1. The normalized spacial score (nSPS) is 10.5. The molecular weight excluding hydrogens is 166 g/mol. The van der Waals surface area contributed by atoms with Crippen LogP contribution in [0.4, 0.5) is 0 Å². The zero-order valence-corrected chi connectivity index (χ0v) is 7.36. The lowest BCUT2D eigenvalue weighted by atomic mass is 10.3. The van der Waals surface area contributed by atoms with E-state index in [0.29, 0.717) is 5.89 Å². The summed E-state index contributed by atoms with van der Waals surface area (Å²) in [7, 11) is 0. The number of aromatic nitrogens is 1. The quantitative estimate of drug-likeness (QED) is 0.514. The van der Waals surface area contributed by atoms with Gasteiger partial charge in [-0.1, -0.05) is 12.1 Å². The summed E-state index contributed by atoms with van der Waals surface area (Å²) >= 11 is 0. The van der Waals surface area contributed by atoms with Crippen LogP contribution in [0.1, 0.15) is 17.6 Å². The molecule has 13 heavy (non-hydrogen) atoms. The van der Waals surface area contributed by atoms with Crippen molar-refractivity contribution in [3.63, 3.8) is 0 Å². The minimum Gasteiger partial charge on any atom is -0.396 e. The van der Waals surface area contributed by atoms with E-state index in [4.69, 9.17) is 4.42 Å². The number of oxazole rings is 1. The van der Waals surface area contributed by atoms with Gasteiger partial charge in [-0.15, -0.1) is 0 Å². The predicted octanol–water partition coefficient (Wildman–Crippen LogP) is 1.55. The Balaban J connectivity index is 2.81. The van der Waals surface area contributed by atoms with Crippen molar-refractivity contribution in [1.82, 2.24) is 0 Å². The highest BCUT2D eigenvalue weighted by atomic mass is 16.4. The molecule has 1 aromatic heterocycles. The Morgan fingerprint density at radius 1 is 1.46 bits per heavy atom. The second-order valence-electron chi connectivity index (χ2n) is 2.77. The zero-order valence-electron chi connectivity index (χ0n) is 7.36. The lowest BCUT2D eigenvalue weighted by Crippen LogP contribution is -2.34. The largest absolute Gasteiger partial charge is 0.415 e. The van der Waals surface area contributed by atoms with Crippen LogP contribution in [-0.4, -0.2) is 6.29 Å². The molecule has 0 bridgehead atoms. The molecule has 0 amide bonds. The van der Waals surface area contributed by atoms with E-state index in [2.05, 4.69) is 0 Å². The van der Waals surface area contributed by atoms with Crippen LogP contribution >= 0.6 is 0 Å². The van der Waals surface area contributed by atoms with E-state index in [1.165, 1.54) is 0 Å². The van der Waals surface area contributed by atoms with E-state index in [0.717, 1.165) is 23.9 Å². The van der Waals surface area contributed by atoms with Crippen molar-refractivity contribution in [1.29, 1.82) is 0 Å². The maximum Gasteiger partial charge on any atom is 0.415 e. The molecule has 0 N–H and O–H groups in total. The number of para-hydroxylation sites is 2. The number of carbonyl (C=O) groups is 1. The third-order valence-electron chi connectivity index (χ3n) is 2.05. The molecule has 0 aliphatic heterocycles. The molecule has 1 aromatic carbocycles. The van der Waals surface area contributed by atoms with E-state index in [9.17, 15) is 4.79 Å². The van der Waals surface area contributed by atoms with E-state index in [1.54, 1.807) is 0 Å². The fourth-order valence-electron chi connectivity index (χ4n) is 1.47. The molecule has 0 saturated carbocycles. The predicted molar refractivity (Wildman–Crippen MR) is 47.5 cm³/mol. The number of nitrogens with zero attached hydrogens (tertiary/aromatic N) is 1. The number of benzene rings is 1. The molecule has 0 aliphatic carbocycles. The van der Waals surface area contributed by atoms with Crippen LogP contribution in [0.15, 0.2) is 28.7 Å². The van der Waals surface area contributed by atoms with E-state index < -0.39 is 0 Å². The molecule has 0 spiro atoms. The summed E-state index contributed by atoms with van der Waals surface area (Å²) in [4.78, 5) is 10.6. The van der Waals surface area contributed by atoms with Crippen LogP contribution in [-0.2, 0) is 6.54 Å². The fraction of sp³-hybridized carbons (Fsp3) is 0.200.